The van der Waals surface area contributed by atoms with Crippen LogP contribution in [-0.4, -0.2) is 35.8 Å². The molecular weight excluding hydrogens is 421 g/mol. The van der Waals surface area contributed by atoms with Crippen LogP contribution in [0.5, 0.6) is 0 Å². The molecule has 1 heterocycles. The molecule has 2 amide bonds. The molecule has 1 aliphatic heterocycles. The first-order valence-electron chi connectivity index (χ1n) is 10.2. The van der Waals surface area contributed by atoms with Crippen molar-refractivity contribution in [1.29, 1.82) is 0 Å². The number of carbonyl (C=O) groups is 2. The van der Waals surface area contributed by atoms with Crippen LogP contribution in [0.25, 0.3) is 0 Å². The van der Waals surface area contributed by atoms with Gasteiger partial charge in [-0.1, -0.05) is 41.4 Å². The topological polar surface area (TPSA) is 61.4 Å². The van der Waals surface area contributed by atoms with Crippen LogP contribution in [0.4, 0.5) is 5.69 Å². The summed E-state index contributed by atoms with van der Waals surface area (Å²) in [5.41, 5.74) is 2.15. The van der Waals surface area contributed by atoms with E-state index in [0.717, 1.165) is 38.0 Å². The minimum absolute atomic E-state index is 0.0288. The van der Waals surface area contributed by atoms with Gasteiger partial charge in [0, 0.05) is 18.5 Å². The number of piperidine rings is 1. The Labute approximate surface area is 187 Å². The van der Waals surface area contributed by atoms with Gasteiger partial charge in [-0.15, -0.1) is 0 Å². The van der Waals surface area contributed by atoms with Gasteiger partial charge in [0.05, 0.1) is 21.3 Å². The number of amides is 2. The highest BCUT2D eigenvalue weighted by Gasteiger charge is 2.26. The number of benzene rings is 2. The van der Waals surface area contributed by atoms with E-state index in [4.69, 9.17) is 23.2 Å². The van der Waals surface area contributed by atoms with E-state index in [-0.39, 0.29) is 23.8 Å². The zero-order valence-corrected chi connectivity index (χ0v) is 18.8. The van der Waals surface area contributed by atoms with Crippen molar-refractivity contribution >= 4 is 40.7 Å². The molecule has 0 unspecified atom stereocenters. The molecular formula is C23H27Cl2N3O2. The van der Waals surface area contributed by atoms with Crippen LogP contribution in [0.15, 0.2) is 42.5 Å². The van der Waals surface area contributed by atoms with Crippen LogP contribution in [0.1, 0.15) is 42.6 Å². The van der Waals surface area contributed by atoms with E-state index in [1.165, 1.54) is 0 Å². The summed E-state index contributed by atoms with van der Waals surface area (Å²) in [5, 5.41) is 6.95. The summed E-state index contributed by atoms with van der Waals surface area (Å²) < 4.78 is 0. The molecule has 2 N–H and O–H groups in total. The van der Waals surface area contributed by atoms with E-state index >= 15 is 0 Å². The van der Waals surface area contributed by atoms with Crippen molar-refractivity contribution in [2.75, 3.05) is 18.4 Å². The Morgan fingerprint density at radius 3 is 2.43 bits per heavy atom. The predicted octanol–water partition coefficient (Wildman–Crippen LogP) is 4.98. The van der Waals surface area contributed by atoms with Gasteiger partial charge in [0.15, 0.2) is 0 Å². The van der Waals surface area contributed by atoms with Gasteiger partial charge in [-0.25, -0.2) is 0 Å². The minimum Gasteiger partial charge on any atom is -0.350 e. The maximum Gasteiger partial charge on any atom is 0.253 e. The Morgan fingerprint density at radius 1 is 1.07 bits per heavy atom. The standard InChI is InChI=1S/C23H27Cl2N3O2/c1-15(2)26-23(30)18-5-3-4-6-21(18)27-22(29)17-9-11-28(12-10-17)14-16-7-8-19(24)20(25)13-16/h3-8,13,15,17H,9-12,14H2,1-2H3,(H,26,30)(H,27,29). The first kappa shape index (κ1) is 22.6. The van der Waals surface area contributed by atoms with Gasteiger partial charge in [0.2, 0.25) is 5.91 Å². The number of rotatable bonds is 6. The first-order chi connectivity index (χ1) is 14.3. The number of para-hydroxylation sites is 1. The molecule has 0 atom stereocenters. The zero-order valence-electron chi connectivity index (χ0n) is 17.3. The molecule has 1 aliphatic rings. The van der Waals surface area contributed by atoms with E-state index in [1.807, 2.05) is 38.1 Å². The molecule has 1 fully saturated rings. The van der Waals surface area contributed by atoms with Crippen LogP contribution in [-0.2, 0) is 11.3 Å². The number of anilines is 1. The smallest absolute Gasteiger partial charge is 0.253 e. The van der Waals surface area contributed by atoms with E-state index in [2.05, 4.69) is 15.5 Å². The average Bonchev–Trinajstić information content (AvgIpc) is 2.71. The van der Waals surface area contributed by atoms with Gasteiger partial charge < -0.3 is 10.6 Å². The number of hydrogen-bond donors (Lipinski definition) is 2. The highest BCUT2D eigenvalue weighted by atomic mass is 35.5. The second-order valence-corrected chi connectivity index (χ2v) is 8.78. The first-order valence-corrected chi connectivity index (χ1v) is 11.0. The second-order valence-electron chi connectivity index (χ2n) is 7.96. The number of likely N-dealkylation sites (tertiary alicyclic amines) is 1. The third kappa shape index (κ3) is 5.97. The number of halogens is 2. The Balaban J connectivity index is 1.56. The molecule has 2 aromatic carbocycles. The molecule has 0 aliphatic carbocycles. The van der Waals surface area contributed by atoms with Gasteiger partial charge in [-0.05, 0) is 69.6 Å². The zero-order chi connectivity index (χ0) is 21.7. The van der Waals surface area contributed by atoms with Crippen LogP contribution in [0.2, 0.25) is 10.0 Å². The van der Waals surface area contributed by atoms with Crippen LogP contribution in [0.3, 0.4) is 0 Å². The van der Waals surface area contributed by atoms with E-state index < -0.39 is 0 Å². The third-order valence-corrected chi connectivity index (χ3v) is 5.94. The lowest BCUT2D eigenvalue weighted by atomic mass is 9.95. The van der Waals surface area contributed by atoms with Gasteiger partial charge in [-0.2, -0.15) is 0 Å². The summed E-state index contributed by atoms with van der Waals surface area (Å²) >= 11 is 12.1. The third-order valence-electron chi connectivity index (χ3n) is 5.20. The van der Waals surface area contributed by atoms with Gasteiger partial charge in [-0.3, -0.25) is 14.5 Å². The van der Waals surface area contributed by atoms with Crippen molar-refractivity contribution in [2.45, 2.75) is 39.3 Å². The Bertz CT molecular complexity index is 909. The van der Waals surface area contributed by atoms with Crippen molar-refractivity contribution in [3.63, 3.8) is 0 Å². The Hall–Kier alpha value is -2.08. The highest BCUT2D eigenvalue weighted by Crippen LogP contribution is 2.26. The quantitative estimate of drug-likeness (QED) is 0.655. The van der Waals surface area contributed by atoms with Crippen molar-refractivity contribution in [1.82, 2.24) is 10.2 Å². The highest BCUT2D eigenvalue weighted by molar-refractivity contribution is 6.42. The fourth-order valence-corrected chi connectivity index (χ4v) is 3.93. The molecule has 7 heteroatoms. The summed E-state index contributed by atoms with van der Waals surface area (Å²) in [6, 6.07) is 12.8. The molecule has 30 heavy (non-hydrogen) atoms. The molecule has 1 saturated heterocycles. The summed E-state index contributed by atoms with van der Waals surface area (Å²) in [7, 11) is 0. The molecule has 0 radical (unpaired) electrons. The normalized spacial score (nSPS) is 15.2. The Kier molecular flexibility index (Phi) is 7.75. The number of nitrogens with zero attached hydrogens (tertiary/aromatic N) is 1. The number of nitrogens with one attached hydrogen (secondary N) is 2. The monoisotopic (exact) mass is 447 g/mol. The maximum atomic E-state index is 12.8. The molecule has 2 aromatic rings. The molecule has 0 aromatic heterocycles. The summed E-state index contributed by atoms with van der Waals surface area (Å²) in [6.07, 6.45) is 1.54. The lowest BCUT2D eigenvalue weighted by Crippen LogP contribution is -2.38. The van der Waals surface area contributed by atoms with Crippen molar-refractivity contribution in [3.8, 4) is 0 Å². The van der Waals surface area contributed by atoms with E-state index in [0.29, 0.717) is 21.3 Å². The van der Waals surface area contributed by atoms with Crippen molar-refractivity contribution in [3.05, 3.63) is 63.6 Å². The minimum atomic E-state index is -0.183. The van der Waals surface area contributed by atoms with Crippen molar-refractivity contribution < 1.29 is 9.59 Å². The summed E-state index contributed by atoms with van der Waals surface area (Å²) in [5.74, 6) is -0.289. The SMILES string of the molecule is CC(C)NC(=O)c1ccccc1NC(=O)C1CCN(Cc2ccc(Cl)c(Cl)c2)CC1. The largest absolute Gasteiger partial charge is 0.350 e. The summed E-state index contributed by atoms with van der Waals surface area (Å²) in [6.45, 7) is 6.25. The van der Waals surface area contributed by atoms with Crippen LogP contribution >= 0.6 is 23.2 Å². The molecule has 0 bridgehead atoms. The molecule has 0 spiro atoms. The molecule has 160 valence electrons. The van der Waals surface area contributed by atoms with E-state index in [1.54, 1.807) is 18.2 Å². The van der Waals surface area contributed by atoms with Crippen LogP contribution in [0, 0.1) is 5.92 Å². The fraction of sp³-hybridized carbons (Fsp3) is 0.391. The Morgan fingerprint density at radius 2 is 1.77 bits per heavy atom. The molecule has 5 nitrogen and oxygen atoms in total. The van der Waals surface area contributed by atoms with Crippen molar-refractivity contribution in [2.24, 2.45) is 5.92 Å². The fourth-order valence-electron chi connectivity index (χ4n) is 3.61. The maximum absolute atomic E-state index is 12.8. The van der Waals surface area contributed by atoms with E-state index in [9.17, 15) is 9.59 Å². The lowest BCUT2D eigenvalue weighted by molar-refractivity contribution is -0.121. The lowest BCUT2D eigenvalue weighted by Gasteiger charge is -2.31. The van der Waals surface area contributed by atoms with Gasteiger partial charge >= 0.3 is 0 Å². The van der Waals surface area contributed by atoms with Gasteiger partial charge in [0.1, 0.15) is 0 Å². The molecule has 3 rings (SSSR count). The van der Waals surface area contributed by atoms with Gasteiger partial charge in [0.25, 0.3) is 5.91 Å². The average molecular weight is 448 g/mol. The van der Waals surface area contributed by atoms with Crippen LogP contribution < -0.4 is 10.6 Å². The number of carbonyl (C=O) groups excluding carboxylic acids is 2. The molecule has 0 saturated carbocycles. The summed E-state index contributed by atoms with van der Waals surface area (Å²) in [4.78, 5) is 27.5. The predicted molar refractivity (Wildman–Crippen MR) is 122 cm³/mol. The number of hydrogen-bond acceptors (Lipinski definition) is 3. The second kappa shape index (κ2) is 10.3.